The quantitative estimate of drug-likeness (QED) is 0.739. The minimum atomic E-state index is -0.354. The Balaban J connectivity index is 2.19. The molecule has 1 heterocycles. The first-order chi connectivity index (χ1) is 11.4. The molecule has 0 fully saturated rings. The Morgan fingerprint density at radius 2 is 1.92 bits per heavy atom. The lowest BCUT2D eigenvalue weighted by Crippen LogP contribution is -2.28. The van der Waals surface area contributed by atoms with Crippen LogP contribution in [-0.2, 0) is 5.41 Å². The van der Waals surface area contributed by atoms with Crippen LogP contribution >= 0.6 is 11.6 Å². The number of hydrogen-bond donors (Lipinski definition) is 3. The first-order valence-electron chi connectivity index (χ1n) is 7.78. The Morgan fingerprint density at radius 3 is 2.62 bits per heavy atom. The number of nitrogens with zero attached hydrogens (tertiary/aromatic N) is 1. The summed E-state index contributed by atoms with van der Waals surface area (Å²) in [7, 11) is 0. The number of aromatic hydroxyl groups is 2. The van der Waals surface area contributed by atoms with Crippen molar-refractivity contribution in [2.24, 2.45) is 0 Å². The van der Waals surface area contributed by atoms with Crippen LogP contribution in [0, 0.1) is 0 Å². The molecule has 0 amide bonds. The van der Waals surface area contributed by atoms with Gasteiger partial charge in [0.1, 0.15) is 0 Å². The van der Waals surface area contributed by atoms with E-state index >= 15 is 0 Å². The zero-order chi connectivity index (χ0) is 17.5. The number of phenolic OH excluding ortho intramolecular Hbond substituents is 2. The molecule has 24 heavy (non-hydrogen) atoms. The van der Waals surface area contributed by atoms with Gasteiger partial charge in [0, 0.05) is 33.9 Å². The third-order valence-electron chi connectivity index (χ3n) is 4.52. The predicted octanol–water partition coefficient (Wildman–Crippen LogP) is 3.88. The SMILES string of the molecule is CC1(C)C(=Cc2cccc(O)c2O)N(CCO)c2ccc(Cl)cc21. The first-order valence-corrected chi connectivity index (χ1v) is 8.15. The van der Waals surface area contributed by atoms with Crippen LogP contribution in [0.25, 0.3) is 6.08 Å². The fourth-order valence-electron chi connectivity index (χ4n) is 3.26. The topological polar surface area (TPSA) is 63.9 Å². The van der Waals surface area contributed by atoms with E-state index in [0.717, 1.165) is 16.9 Å². The van der Waals surface area contributed by atoms with Crippen molar-refractivity contribution in [3.8, 4) is 11.5 Å². The summed E-state index contributed by atoms with van der Waals surface area (Å²) in [6, 6.07) is 10.6. The Morgan fingerprint density at radius 1 is 1.17 bits per heavy atom. The van der Waals surface area contributed by atoms with Gasteiger partial charge in [-0.3, -0.25) is 0 Å². The number of aliphatic hydroxyl groups excluding tert-OH is 1. The number of para-hydroxylation sites is 1. The lowest BCUT2D eigenvalue weighted by Gasteiger charge is -2.27. The van der Waals surface area contributed by atoms with E-state index in [2.05, 4.69) is 13.8 Å². The molecule has 2 aromatic rings. The third-order valence-corrected chi connectivity index (χ3v) is 4.75. The second-order valence-electron chi connectivity index (χ2n) is 6.41. The van der Waals surface area contributed by atoms with Crippen LogP contribution in [0.2, 0.25) is 5.02 Å². The van der Waals surface area contributed by atoms with E-state index in [0.29, 0.717) is 17.1 Å². The van der Waals surface area contributed by atoms with E-state index in [4.69, 9.17) is 11.6 Å². The molecule has 3 rings (SSSR count). The monoisotopic (exact) mass is 345 g/mol. The number of β-amino-alcohol motifs (C(OH)–C–C–N with tert-alkyl or cyclic N) is 1. The number of fused-ring (bicyclic) bond motifs is 1. The summed E-state index contributed by atoms with van der Waals surface area (Å²) in [5, 5.41) is 30.0. The van der Waals surface area contributed by atoms with Gasteiger partial charge >= 0.3 is 0 Å². The largest absolute Gasteiger partial charge is 0.504 e. The molecule has 0 saturated carbocycles. The minimum Gasteiger partial charge on any atom is -0.504 e. The summed E-state index contributed by atoms with van der Waals surface area (Å²) >= 11 is 6.17. The first kappa shape index (κ1) is 16.7. The lowest BCUT2D eigenvalue weighted by molar-refractivity contribution is 0.304. The zero-order valence-corrected chi connectivity index (χ0v) is 14.4. The van der Waals surface area contributed by atoms with Crippen LogP contribution in [0.4, 0.5) is 5.69 Å². The molecular weight excluding hydrogens is 326 g/mol. The van der Waals surface area contributed by atoms with Crippen LogP contribution in [0.1, 0.15) is 25.0 Å². The van der Waals surface area contributed by atoms with Crippen LogP contribution in [0.3, 0.4) is 0 Å². The highest BCUT2D eigenvalue weighted by Gasteiger charge is 2.40. The summed E-state index contributed by atoms with van der Waals surface area (Å²) in [6.07, 6.45) is 1.85. The van der Waals surface area contributed by atoms with Crippen molar-refractivity contribution in [1.82, 2.24) is 0 Å². The van der Waals surface area contributed by atoms with Crippen LogP contribution in [-0.4, -0.2) is 28.5 Å². The molecule has 0 radical (unpaired) electrons. The normalized spacial score (nSPS) is 17.3. The zero-order valence-electron chi connectivity index (χ0n) is 13.6. The summed E-state index contributed by atoms with van der Waals surface area (Å²) in [5.74, 6) is -0.312. The molecule has 1 aliphatic rings. The van der Waals surface area contributed by atoms with Crippen molar-refractivity contribution in [3.63, 3.8) is 0 Å². The van der Waals surface area contributed by atoms with Gasteiger partial charge < -0.3 is 20.2 Å². The van der Waals surface area contributed by atoms with Gasteiger partial charge in [-0.2, -0.15) is 0 Å². The highest BCUT2D eigenvalue weighted by molar-refractivity contribution is 6.30. The highest BCUT2D eigenvalue weighted by Crippen LogP contribution is 2.49. The Labute approximate surface area is 146 Å². The number of allylic oxidation sites excluding steroid dienone is 1. The van der Waals surface area contributed by atoms with Gasteiger partial charge in [-0.25, -0.2) is 0 Å². The Hall–Kier alpha value is -2.17. The molecule has 0 aliphatic carbocycles. The highest BCUT2D eigenvalue weighted by atomic mass is 35.5. The van der Waals surface area contributed by atoms with Gasteiger partial charge in [0.25, 0.3) is 0 Å². The summed E-state index contributed by atoms with van der Waals surface area (Å²) in [4.78, 5) is 2.02. The molecule has 0 atom stereocenters. The molecule has 5 heteroatoms. The Kier molecular flexibility index (Phi) is 4.20. The number of hydrogen-bond acceptors (Lipinski definition) is 4. The second-order valence-corrected chi connectivity index (χ2v) is 6.84. The number of phenols is 2. The van der Waals surface area contributed by atoms with E-state index in [-0.39, 0.29) is 23.5 Å². The fourth-order valence-corrected chi connectivity index (χ4v) is 3.43. The lowest BCUT2D eigenvalue weighted by atomic mass is 9.83. The van der Waals surface area contributed by atoms with Crippen LogP contribution in [0.15, 0.2) is 42.1 Å². The molecule has 3 N–H and O–H groups in total. The molecule has 0 spiro atoms. The maximum Gasteiger partial charge on any atom is 0.164 e. The number of halogens is 1. The molecule has 2 aromatic carbocycles. The van der Waals surface area contributed by atoms with Crippen LogP contribution in [0.5, 0.6) is 11.5 Å². The van der Waals surface area contributed by atoms with Crippen molar-refractivity contribution in [1.29, 1.82) is 0 Å². The Bertz CT molecular complexity index is 814. The smallest absolute Gasteiger partial charge is 0.164 e. The van der Waals surface area contributed by atoms with Crippen molar-refractivity contribution < 1.29 is 15.3 Å². The van der Waals surface area contributed by atoms with Gasteiger partial charge in [-0.05, 0) is 35.9 Å². The van der Waals surface area contributed by atoms with E-state index in [1.54, 1.807) is 12.1 Å². The number of benzene rings is 2. The van der Waals surface area contributed by atoms with E-state index < -0.39 is 0 Å². The van der Waals surface area contributed by atoms with Gasteiger partial charge in [-0.1, -0.05) is 37.6 Å². The van der Waals surface area contributed by atoms with Crippen LogP contribution < -0.4 is 4.90 Å². The predicted molar refractivity (Wildman–Crippen MR) is 96.7 cm³/mol. The van der Waals surface area contributed by atoms with Gasteiger partial charge in [0.05, 0.1) is 6.61 Å². The average molecular weight is 346 g/mol. The molecule has 0 aromatic heterocycles. The molecule has 0 saturated heterocycles. The maximum absolute atomic E-state index is 10.1. The summed E-state index contributed by atoms with van der Waals surface area (Å²) in [5.41, 5.74) is 3.15. The number of anilines is 1. The number of aliphatic hydroxyl groups is 1. The molecular formula is C19H20ClNO3. The third kappa shape index (κ3) is 2.62. The minimum absolute atomic E-state index is 0.00150. The summed E-state index contributed by atoms with van der Waals surface area (Å²) in [6.45, 7) is 4.58. The maximum atomic E-state index is 10.1. The van der Waals surface area contributed by atoms with Crippen molar-refractivity contribution in [2.75, 3.05) is 18.1 Å². The summed E-state index contributed by atoms with van der Waals surface area (Å²) < 4.78 is 0. The van der Waals surface area contributed by atoms with Gasteiger partial charge in [0.2, 0.25) is 0 Å². The molecule has 1 aliphatic heterocycles. The second kappa shape index (κ2) is 6.04. The standard InChI is InChI=1S/C19H20ClNO3/c1-19(2)14-11-13(20)6-7-15(14)21(8-9-22)17(19)10-12-4-3-5-16(23)18(12)24/h3-7,10-11,22-24H,8-9H2,1-2H3. The molecule has 0 unspecified atom stereocenters. The average Bonchev–Trinajstić information content (AvgIpc) is 2.73. The fraction of sp³-hybridized carbons (Fsp3) is 0.263. The van der Waals surface area contributed by atoms with Gasteiger partial charge in [0.15, 0.2) is 11.5 Å². The molecule has 126 valence electrons. The van der Waals surface area contributed by atoms with Crippen molar-refractivity contribution in [3.05, 3.63) is 58.2 Å². The van der Waals surface area contributed by atoms with Gasteiger partial charge in [-0.15, -0.1) is 0 Å². The molecule has 4 nitrogen and oxygen atoms in total. The number of rotatable bonds is 3. The molecule has 0 bridgehead atoms. The van der Waals surface area contributed by atoms with Crippen molar-refractivity contribution >= 4 is 23.4 Å². The van der Waals surface area contributed by atoms with E-state index in [1.165, 1.54) is 6.07 Å². The van der Waals surface area contributed by atoms with E-state index in [9.17, 15) is 15.3 Å². The van der Waals surface area contributed by atoms with E-state index in [1.807, 2.05) is 29.2 Å². The van der Waals surface area contributed by atoms with Crippen molar-refractivity contribution in [2.45, 2.75) is 19.3 Å².